The number of carbonyl (C=O) groups excluding carboxylic acids is 2. The highest BCUT2D eigenvalue weighted by Crippen LogP contribution is 2.37. The minimum Gasteiger partial charge on any atom is -0.495 e. The van der Waals surface area contributed by atoms with E-state index in [0.717, 1.165) is 18.5 Å². The number of pyridine rings is 1. The Bertz CT molecular complexity index is 1670. The molecule has 2 unspecified atom stereocenters. The highest BCUT2D eigenvalue weighted by Gasteiger charge is 2.36. The molecule has 1 heterocycles. The molecule has 1 aliphatic rings. The van der Waals surface area contributed by atoms with Crippen LogP contribution in [-0.2, 0) is 14.4 Å². The van der Waals surface area contributed by atoms with Gasteiger partial charge >= 0.3 is 17.9 Å². The van der Waals surface area contributed by atoms with E-state index in [2.05, 4.69) is 10.3 Å². The number of carboxylic acids is 3. The number of hydrogen-bond donors (Lipinski definition) is 4. The molecular formula is C36H42Cl2N2O11. The van der Waals surface area contributed by atoms with Crippen LogP contribution in [-0.4, -0.2) is 70.7 Å². The molecule has 2 atom stereocenters. The van der Waals surface area contributed by atoms with Gasteiger partial charge in [-0.1, -0.05) is 36.0 Å². The number of aromatic nitrogens is 1. The van der Waals surface area contributed by atoms with E-state index in [9.17, 15) is 29.1 Å². The number of rotatable bonds is 12. The van der Waals surface area contributed by atoms with Crippen molar-refractivity contribution in [3.05, 3.63) is 75.0 Å². The van der Waals surface area contributed by atoms with Gasteiger partial charge in [-0.25, -0.2) is 4.79 Å². The molecule has 0 saturated heterocycles. The molecule has 0 aliphatic heterocycles. The highest BCUT2D eigenvalue weighted by molar-refractivity contribution is 6.33. The summed E-state index contributed by atoms with van der Waals surface area (Å²) in [5, 5.41) is 29.8. The van der Waals surface area contributed by atoms with Crippen LogP contribution in [0.3, 0.4) is 0 Å². The molecule has 4 N–H and O–H groups in total. The highest BCUT2D eigenvalue weighted by atomic mass is 35.5. The van der Waals surface area contributed by atoms with Gasteiger partial charge in [0.25, 0.3) is 0 Å². The third-order valence-electron chi connectivity index (χ3n) is 7.70. The van der Waals surface area contributed by atoms with E-state index in [4.69, 9.17) is 47.6 Å². The number of carboxylic acid groups (broad SMARTS) is 3. The van der Waals surface area contributed by atoms with E-state index in [1.54, 1.807) is 50.2 Å². The van der Waals surface area contributed by atoms with E-state index in [1.807, 2.05) is 6.92 Å². The molecule has 276 valence electrons. The quantitative estimate of drug-likeness (QED) is 0.134. The van der Waals surface area contributed by atoms with Gasteiger partial charge < -0.3 is 34.8 Å². The first kappa shape index (κ1) is 42.3. The van der Waals surface area contributed by atoms with Crippen molar-refractivity contribution in [2.45, 2.75) is 59.3 Å². The van der Waals surface area contributed by atoms with Crippen molar-refractivity contribution in [1.29, 1.82) is 0 Å². The molecule has 2 aromatic carbocycles. The first-order valence-electron chi connectivity index (χ1n) is 15.9. The lowest BCUT2D eigenvalue weighted by Crippen LogP contribution is -2.36. The molecule has 0 bridgehead atoms. The molecule has 0 spiro atoms. The summed E-state index contributed by atoms with van der Waals surface area (Å²) in [7, 11) is 2.94. The number of aliphatic carboxylic acids is 2. The number of aryl methyl sites for hydroxylation is 2. The van der Waals surface area contributed by atoms with Gasteiger partial charge in [0.1, 0.15) is 17.2 Å². The van der Waals surface area contributed by atoms with Gasteiger partial charge in [0.2, 0.25) is 5.91 Å². The zero-order valence-corrected chi connectivity index (χ0v) is 30.5. The summed E-state index contributed by atoms with van der Waals surface area (Å²) in [6.07, 6.45) is 2.67. The number of benzene rings is 2. The average molecular weight is 750 g/mol. The minimum absolute atomic E-state index is 0.0311. The molecule has 3 aromatic rings. The number of aromatic carboxylic acids is 1. The van der Waals surface area contributed by atoms with Gasteiger partial charge in [-0.2, -0.15) is 0 Å². The van der Waals surface area contributed by atoms with Gasteiger partial charge in [-0.05, 0) is 63.9 Å². The van der Waals surface area contributed by atoms with Crippen LogP contribution in [0.5, 0.6) is 17.2 Å². The van der Waals surface area contributed by atoms with Gasteiger partial charge in [0, 0.05) is 29.8 Å². The molecule has 13 nitrogen and oxygen atoms in total. The molecule has 1 aliphatic carbocycles. The van der Waals surface area contributed by atoms with Gasteiger partial charge in [-0.3, -0.25) is 24.2 Å². The number of nitrogens with one attached hydrogen (secondary N) is 1. The number of methoxy groups -OCH3 is 2. The summed E-state index contributed by atoms with van der Waals surface area (Å²) in [6.45, 7) is 5.85. The number of amides is 1. The zero-order valence-electron chi connectivity index (χ0n) is 29.0. The Morgan fingerprint density at radius 3 is 1.96 bits per heavy atom. The maximum Gasteiger partial charge on any atom is 0.339 e. The smallest absolute Gasteiger partial charge is 0.339 e. The van der Waals surface area contributed by atoms with Crippen LogP contribution < -0.4 is 19.5 Å². The molecule has 51 heavy (non-hydrogen) atoms. The monoisotopic (exact) mass is 748 g/mol. The van der Waals surface area contributed by atoms with Crippen molar-refractivity contribution in [1.82, 2.24) is 4.98 Å². The Balaban J connectivity index is 0.000000281. The first-order valence-corrected chi connectivity index (χ1v) is 16.7. The lowest BCUT2D eigenvalue weighted by molar-refractivity contribution is -0.147. The summed E-state index contributed by atoms with van der Waals surface area (Å²) in [4.78, 5) is 60.3. The molecule has 1 amide bonds. The van der Waals surface area contributed by atoms with Crippen molar-refractivity contribution in [3.8, 4) is 17.2 Å². The van der Waals surface area contributed by atoms with Gasteiger partial charge in [0.15, 0.2) is 5.78 Å². The van der Waals surface area contributed by atoms with Crippen molar-refractivity contribution in [3.63, 3.8) is 0 Å². The third-order valence-corrected chi connectivity index (χ3v) is 8.29. The fourth-order valence-corrected chi connectivity index (χ4v) is 5.84. The topological polar surface area (TPSA) is 199 Å². The Morgan fingerprint density at radius 1 is 0.843 bits per heavy atom. The summed E-state index contributed by atoms with van der Waals surface area (Å²) in [6, 6.07) is 11.4. The van der Waals surface area contributed by atoms with Crippen molar-refractivity contribution in [2.75, 3.05) is 26.1 Å². The Morgan fingerprint density at radius 2 is 1.45 bits per heavy atom. The minimum atomic E-state index is -1.04. The normalized spacial score (nSPS) is 14.7. The molecule has 1 aromatic heterocycles. The maximum absolute atomic E-state index is 12.5. The maximum atomic E-state index is 12.5. The molecule has 1 fully saturated rings. The van der Waals surface area contributed by atoms with E-state index in [-0.39, 0.29) is 35.1 Å². The Labute approximate surface area is 305 Å². The van der Waals surface area contributed by atoms with Crippen LogP contribution in [0.1, 0.15) is 77.6 Å². The van der Waals surface area contributed by atoms with Gasteiger partial charge in [-0.15, -0.1) is 0 Å². The average Bonchev–Trinajstić information content (AvgIpc) is 3.08. The molecular weight excluding hydrogens is 707 g/mol. The number of hydrogen-bond acceptors (Lipinski definition) is 9. The Kier molecular flexibility index (Phi) is 17.2. The number of halogens is 2. The standard InChI is InChI=1S/C16H20ClNO5.C12H14O4.C8H8ClNO2/c1-22-13-8-12(14(23-2)7-11(13)17)18-15(19)9-5-3-4-6-10(9)16(20)21;1-2-16-10-5-3-9(4-6-10)11(13)7-8-12(14)15;1-4-3-6(9)7(8(11)12)5(2)10-4/h7-10H,3-6H2,1-2H3,(H,18,19)(H,20,21);3-6H,2,7-8H2,1H3,(H,14,15);3H,1-2H3,(H,11,12). The van der Waals surface area contributed by atoms with Crippen LogP contribution in [0, 0.1) is 25.7 Å². The molecule has 15 heteroatoms. The summed E-state index contributed by atoms with van der Waals surface area (Å²) in [5.41, 5.74) is 2.19. The number of ether oxygens (including phenoxy) is 3. The fourth-order valence-electron chi connectivity index (χ4n) is 5.23. The third kappa shape index (κ3) is 13.1. The lowest BCUT2D eigenvalue weighted by Gasteiger charge is -2.27. The second-order valence-electron chi connectivity index (χ2n) is 11.3. The summed E-state index contributed by atoms with van der Waals surface area (Å²) in [5.74, 6) is -3.10. The van der Waals surface area contributed by atoms with Crippen molar-refractivity contribution in [2.24, 2.45) is 11.8 Å². The Hall–Kier alpha value is -4.88. The number of anilines is 1. The predicted octanol–water partition coefficient (Wildman–Crippen LogP) is 7.37. The van der Waals surface area contributed by atoms with Crippen LogP contribution in [0.2, 0.25) is 10.0 Å². The molecule has 4 rings (SSSR count). The second-order valence-corrected chi connectivity index (χ2v) is 12.1. The summed E-state index contributed by atoms with van der Waals surface area (Å²) < 4.78 is 15.6. The molecule has 0 radical (unpaired) electrons. The van der Waals surface area contributed by atoms with Crippen molar-refractivity contribution >= 4 is 58.5 Å². The molecule has 1 saturated carbocycles. The van der Waals surface area contributed by atoms with Crippen LogP contribution in [0.25, 0.3) is 0 Å². The first-order chi connectivity index (χ1) is 24.1. The fraction of sp³-hybridized carbons (Fsp3) is 0.389. The van der Waals surface area contributed by atoms with E-state index in [1.165, 1.54) is 20.3 Å². The number of Topliss-reactive ketones (excluding diaryl/α,β-unsaturated/α-hetero) is 1. The lowest BCUT2D eigenvalue weighted by atomic mass is 9.78. The van der Waals surface area contributed by atoms with Crippen molar-refractivity contribution < 1.29 is 53.5 Å². The van der Waals surface area contributed by atoms with Gasteiger partial charge in [0.05, 0.1) is 66.1 Å². The number of ketones is 1. The predicted molar refractivity (Wildman–Crippen MR) is 191 cm³/mol. The number of nitrogens with zero attached hydrogens (tertiary/aromatic N) is 1. The largest absolute Gasteiger partial charge is 0.495 e. The zero-order chi connectivity index (χ0) is 38.2. The van der Waals surface area contributed by atoms with Crippen LogP contribution >= 0.6 is 23.2 Å². The van der Waals surface area contributed by atoms with Crippen LogP contribution in [0.15, 0.2) is 42.5 Å². The SMILES string of the molecule is CCOc1ccc(C(=O)CCC(=O)O)cc1.COc1cc(NC(=O)C2CCCCC2C(=O)O)c(OC)cc1Cl.Cc1cc(Cl)c(C(=O)O)c(C)n1. The second kappa shape index (κ2) is 20.7. The van der Waals surface area contributed by atoms with E-state index in [0.29, 0.717) is 58.7 Å². The van der Waals surface area contributed by atoms with E-state index >= 15 is 0 Å². The van der Waals surface area contributed by atoms with E-state index < -0.39 is 29.7 Å². The number of carbonyl (C=O) groups is 5. The van der Waals surface area contributed by atoms with Crippen LogP contribution in [0.4, 0.5) is 5.69 Å². The summed E-state index contributed by atoms with van der Waals surface area (Å²) >= 11 is 11.7.